The van der Waals surface area contributed by atoms with E-state index in [1.807, 2.05) is 18.2 Å². The fourth-order valence-corrected chi connectivity index (χ4v) is 2.25. The zero-order chi connectivity index (χ0) is 13.0. The van der Waals surface area contributed by atoms with Crippen LogP contribution in [-0.2, 0) is 0 Å². The first-order valence-electron chi connectivity index (χ1n) is 5.51. The van der Waals surface area contributed by atoms with E-state index in [9.17, 15) is 4.39 Å². The molecule has 5 heteroatoms. The molecule has 0 bridgehead atoms. The lowest BCUT2D eigenvalue weighted by atomic mass is 10.3. The predicted molar refractivity (Wildman–Crippen MR) is 70.3 cm³/mol. The molecule has 0 spiro atoms. The zero-order valence-electron chi connectivity index (χ0n) is 9.89. The first-order valence-corrected chi connectivity index (χ1v) is 6.33. The van der Waals surface area contributed by atoms with Crippen molar-refractivity contribution in [3.05, 3.63) is 42.3 Å². The van der Waals surface area contributed by atoms with Crippen LogP contribution < -0.4 is 10.5 Å². The van der Waals surface area contributed by atoms with Gasteiger partial charge in [-0.3, -0.25) is 0 Å². The predicted octanol–water partition coefficient (Wildman–Crippen LogP) is 3.35. The van der Waals surface area contributed by atoms with Crippen LogP contribution in [0.15, 0.2) is 46.5 Å². The SMILES string of the molecule is CCOc1cc(Sc2ccccn2)c(N)cc1F. The summed E-state index contributed by atoms with van der Waals surface area (Å²) in [5.41, 5.74) is 6.17. The van der Waals surface area contributed by atoms with Crippen molar-refractivity contribution in [1.29, 1.82) is 0 Å². The topological polar surface area (TPSA) is 48.1 Å². The fraction of sp³-hybridized carbons (Fsp3) is 0.154. The van der Waals surface area contributed by atoms with Crippen LogP contribution in [-0.4, -0.2) is 11.6 Å². The minimum Gasteiger partial charge on any atom is -0.491 e. The van der Waals surface area contributed by atoms with Crippen LogP contribution >= 0.6 is 11.8 Å². The van der Waals surface area contributed by atoms with Gasteiger partial charge in [-0.25, -0.2) is 9.37 Å². The molecule has 2 N–H and O–H groups in total. The molecule has 1 heterocycles. The number of halogens is 1. The number of hydrogen-bond donors (Lipinski definition) is 1. The van der Waals surface area contributed by atoms with E-state index < -0.39 is 5.82 Å². The number of benzene rings is 1. The lowest BCUT2D eigenvalue weighted by molar-refractivity contribution is 0.321. The molecule has 3 nitrogen and oxygen atoms in total. The maximum Gasteiger partial charge on any atom is 0.167 e. The first kappa shape index (κ1) is 12.7. The molecule has 1 aromatic heterocycles. The normalized spacial score (nSPS) is 10.3. The number of nitrogens with two attached hydrogens (primary N) is 1. The van der Waals surface area contributed by atoms with Gasteiger partial charge in [-0.2, -0.15) is 0 Å². The minimum atomic E-state index is -0.445. The second kappa shape index (κ2) is 5.73. The van der Waals surface area contributed by atoms with E-state index in [1.165, 1.54) is 17.8 Å². The number of aromatic nitrogens is 1. The van der Waals surface area contributed by atoms with Gasteiger partial charge in [-0.1, -0.05) is 17.8 Å². The lowest BCUT2D eigenvalue weighted by Gasteiger charge is -2.09. The van der Waals surface area contributed by atoms with Crippen molar-refractivity contribution in [1.82, 2.24) is 4.98 Å². The summed E-state index contributed by atoms with van der Waals surface area (Å²) in [6.45, 7) is 2.22. The third-order valence-corrected chi connectivity index (χ3v) is 3.24. The number of ether oxygens (including phenoxy) is 1. The van der Waals surface area contributed by atoms with Crippen LogP contribution in [0, 0.1) is 5.82 Å². The Bertz CT molecular complexity index is 534. The molecule has 2 aromatic rings. The molecule has 18 heavy (non-hydrogen) atoms. The summed E-state index contributed by atoms with van der Waals surface area (Å²) in [7, 11) is 0. The van der Waals surface area contributed by atoms with Crippen LogP contribution in [0.4, 0.5) is 10.1 Å². The Hall–Kier alpha value is -1.75. The van der Waals surface area contributed by atoms with Gasteiger partial charge in [-0.15, -0.1) is 0 Å². The molecule has 94 valence electrons. The molecule has 0 aliphatic carbocycles. The Kier molecular flexibility index (Phi) is 4.04. The summed E-state index contributed by atoms with van der Waals surface area (Å²) in [5.74, 6) is -0.232. The van der Waals surface area contributed by atoms with Crippen molar-refractivity contribution >= 4 is 17.4 Å². The minimum absolute atomic E-state index is 0.213. The van der Waals surface area contributed by atoms with Crippen molar-refractivity contribution in [2.75, 3.05) is 12.3 Å². The highest BCUT2D eigenvalue weighted by Gasteiger charge is 2.10. The van der Waals surface area contributed by atoms with Crippen LogP contribution in [0.5, 0.6) is 5.75 Å². The monoisotopic (exact) mass is 264 g/mol. The fourth-order valence-electron chi connectivity index (χ4n) is 1.42. The maximum atomic E-state index is 13.5. The van der Waals surface area contributed by atoms with Crippen LogP contribution in [0.1, 0.15) is 6.92 Å². The van der Waals surface area contributed by atoms with Gasteiger partial charge in [0.1, 0.15) is 5.03 Å². The maximum absolute atomic E-state index is 13.5. The third-order valence-electron chi connectivity index (χ3n) is 2.22. The summed E-state index contributed by atoms with van der Waals surface area (Å²) in [5, 5.41) is 0.804. The van der Waals surface area contributed by atoms with Crippen LogP contribution in [0.3, 0.4) is 0 Å². The molecule has 0 saturated carbocycles. The van der Waals surface area contributed by atoms with E-state index in [2.05, 4.69) is 4.98 Å². The number of nitrogens with zero attached hydrogens (tertiary/aromatic N) is 1. The molecule has 0 amide bonds. The Balaban J connectivity index is 2.30. The summed E-state index contributed by atoms with van der Waals surface area (Å²) < 4.78 is 18.7. The average Bonchev–Trinajstić information content (AvgIpc) is 2.37. The Morgan fingerprint density at radius 1 is 1.39 bits per heavy atom. The van der Waals surface area contributed by atoms with Gasteiger partial charge in [-0.05, 0) is 25.1 Å². The second-order valence-corrected chi connectivity index (χ2v) is 4.59. The summed E-state index contributed by atoms with van der Waals surface area (Å²) in [6.07, 6.45) is 1.70. The van der Waals surface area contributed by atoms with Crippen LogP contribution in [0.25, 0.3) is 0 Å². The number of pyridine rings is 1. The summed E-state index contributed by atoms with van der Waals surface area (Å²) in [4.78, 5) is 4.92. The Morgan fingerprint density at radius 3 is 2.89 bits per heavy atom. The van der Waals surface area contributed by atoms with Gasteiger partial charge in [0.2, 0.25) is 0 Å². The van der Waals surface area contributed by atoms with Crippen molar-refractivity contribution in [2.45, 2.75) is 16.8 Å². The average molecular weight is 264 g/mol. The molecule has 2 rings (SSSR count). The zero-order valence-corrected chi connectivity index (χ0v) is 10.7. The third kappa shape index (κ3) is 2.92. The van der Waals surface area contributed by atoms with E-state index in [0.717, 1.165) is 9.92 Å². The molecular weight excluding hydrogens is 251 g/mol. The highest BCUT2D eigenvalue weighted by molar-refractivity contribution is 7.99. The van der Waals surface area contributed by atoms with Gasteiger partial charge < -0.3 is 10.5 Å². The van der Waals surface area contributed by atoms with Crippen LogP contribution in [0.2, 0.25) is 0 Å². The van der Waals surface area contributed by atoms with E-state index >= 15 is 0 Å². The number of nitrogen functional groups attached to an aromatic ring is 1. The lowest BCUT2D eigenvalue weighted by Crippen LogP contribution is -1.98. The van der Waals surface area contributed by atoms with Gasteiger partial charge in [0.25, 0.3) is 0 Å². The van der Waals surface area contributed by atoms with Gasteiger partial charge in [0.15, 0.2) is 11.6 Å². The second-order valence-electron chi connectivity index (χ2n) is 3.52. The number of rotatable bonds is 4. The molecule has 1 aromatic carbocycles. The molecule has 0 saturated heterocycles. The van der Waals surface area contributed by atoms with Crippen molar-refractivity contribution in [2.24, 2.45) is 0 Å². The molecule has 0 aliphatic heterocycles. The Labute approximate surface area is 109 Å². The number of anilines is 1. The molecule has 0 radical (unpaired) electrons. The quantitative estimate of drug-likeness (QED) is 0.860. The van der Waals surface area contributed by atoms with Crippen molar-refractivity contribution in [3.63, 3.8) is 0 Å². The van der Waals surface area contributed by atoms with Gasteiger partial charge in [0.05, 0.1) is 6.61 Å². The molecule has 0 fully saturated rings. The van der Waals surface area contributed by atoms with E-state index in [4.69, 9.17) is 10.5 Å². The summed E-state index contributed by atoms with van der Waals surface area (Å²) >= 11 is 1.38. The van der Waals surface area contributed by atoms with E-state index in [1.54, 1.807) is 19.2 Å². The van der Waals surface area contributed by atoms with Gasteiger partial charge in [0, 0.05) is 22.8 Å². The first-order chi connectivity index (χ1) is 8.70. The molecule has 0 atom stereocenters. The Morgan fingerprint density at radius 2 is 2.22 bits per heavy atom. The highest BCUT2D eigenvalue weighted by atomic mass is 32.2. The largest absolute Gasteiger partial charge is 0.491 e. The van der Waals surface area contributed by atoms with Crippen molar-refractivity contribution < 1.29 is 9.13 Å². The molecule has 0 unspecified atom stereocenters. The number of hydrogen-bond acceptors (Lipinski definition) is 4. The molecular formula is C13H13FN2OS. The van der Waals surface area contributed by atoms with E-state index in [0.29, 0.717) is 12.3 Å². The van der Waals surface area contributed by atoms with Crippen molar-refractivity contribution in [3.8, 4) is 5.75 Å². The smallest absolute Gasteiger partial charge is 0.167 e. The van der Waals surface area contributed by atoms with E-state index in [-0.39, 0.29) is 5.75 Å². The standard InChI is InChI=1S/C13H13FN2OS/c1-2-17-11-8-12(10(15)7-9(11)14)18-13-5-3-4-6-16-13/h3-8H,2,15H2,1H3. The highest BCUT2D eigenvalue weighted by Crippen LogP contribution is 2.35. The van der Waals surface area contributed by atoms with Gasteiger partial charge >= 0.3 is 0 Å². The molecule has 0 aliphatic rings. The summed E-state index contributed by atoms with van der Waals surface area (Å²) in [6, 6.07) is 8.47.